The number of para-hydroxylation sites is 1. The van der Waals surface area contributed by atoms with Crippen LogP contribution in [0, 0.1) is 13.8 Å². The van der Waals surface area contributed by atoms with E-state index >= 15 is 0 Å². The Morgan fingerprint density at radius 2 is 2.06 bits per heavy atom. The van der Waals surface area contributed by atoms with Crippen LogP contribution >= 0.6 is 0 Å². The molecule has 1 saturated heterocycles. The number of aryl methyl sites for hydroxylation is 2. The number of hydrogen-bond donors (Lipinski definition) is 2. The molecule has 1 aliphatic heterocycles. The Hall–Kier alpha value is -1.39. The summed E-state index contributed by atoms with van der Waals surface area (Å²) >= 11 is 0. The molecule has 4 heteroatoms. The zero-order valence-corrected chi connectivity index (χ0v) is 10.9. The van der Waals surface area contributed by atoms with Crippen molar-refractivity contribution in [1.29, 1.82) is 0 Å². The van der Waals surface area contributed by atoms with Crippen molar-refractivity contribution in [3.8, 4) is 0 Å². The van der Waals surface area contributed by atoms with E-state index in [2.05, 4.69) is 5.32 Å². The van der Waals surface area contributed by atoms with Crippen molar-refractivity contribution in [1.82, 2.24) is 5.32 Å². The van der Waals surface area contributed by atoms with Crippen LogP contribution in [0.15, 0.2) is 18.2 Å². The second-order valence-corrected chi connectivity index (χ2v) is 4.77. The Morgan fingerprint density at radius 3 is 2.67 bits per heavy atom. The molecule has 1 aliphatic rings. The number of aliphatic hydroxyl groups excluding tert-OH is 1. The number of hydrogen-bond acceptors (Lipinski definition) is 3. The molecular weight excluding hydrogens is 228 g/mol. The van der Waals surface area contributed by atoms with Gasteiger partial charge in [0, 0.05) is 12.2 Å². The van der Waals surface area contributed by atoms with Gasteiger partial charge in [-0.25, -0.2) is 0 Å². The Bertz CT molecular complexity index is 425. The Balaban J connectivity index is 2.38. The minimum absolute atomic E-state index is 0.0348. The third-order valence-electron chi connectivity index (χ3n) is 3.41. The van der Waals surface area contributed by atoms with E-state index in [0.717, 1.165) is 29.8 Å². The number of amides is 1. The maximum atomic E-state index is 12.4. The zero-order chi connectivity index (χ0) is 13.1. The lowest BCUT2D eigenvalue weighted by Crippen LogP contribution is -2.46. The Kier molecular flexibility index (Phi) is 3.99. The Labute approximate surface area is 108 Å². The summed E-state index contributed by atoms with van der Waals surface area (Å²) in [5.74, 6) is -0.0348. The summed E-state index contributed by atoms with van der Waals surface area (Å²) in [7, 11) is 0. The third kappa shape index (κ3) is 2.40. The summed E-state index contributed by atoms with van der Waals surface area (Å²) in [5, 5.41) is 12.4. The van der Waals surface area contributed by atoms with Crippen LogP contribution in [0.2, 0.25) is 0 Å². The average Bonchev–Trinajstić information content (AvgIpc) is 2.52. The summed E-state index contributed by atoms with van der Waals surface area (Å²) < 4.78 is 0. The molecule has 18 heavy (non-hydrogen) atoms. The first-order chi connectivity index (χ1) is 8.65. The van der Waals surface area contributed by atoms with Crippen molar-refractivity contribution >= 4 is 11.6 Å². The standard InChI is InChI=1S/C14H20N2O2/c1-10-5-3-6-11(2)13(10)16-8-4-7-15-12(9-17)14(16)18/h3,5-6,12,15,17H,4,7-9H2,1-2H3. The molecule has 2 N–H and O–H groups in total. The molecule has 1 fully saturated rings. The number of nitrogens with one attached hydrogen (secondary N) is 1. The van der Waals surface area contributed by atoms with Gasteiger partial charge in [-0.2, -0.15) is 0 Å². The maximum absolute atomic E-state index is 12.4. The van der Waals surface area contributed by atoms with Gasteiger partial charge in [0.2, 0.25) is 5.91 Å². The number of aliphatic hydroxyl groups is 1. The summed E-state index contributed by atoms with van der Waals surface area (Å²) in [6, 6.07) is 5.55. The molecule has 1 atom stereocenters. The Morgan fingerprint density at radius 1 is 1.39 bits per heavy atom. The van der Waals surface area contributed by atoms with Crippen molar-refractivity contribution < 1.29 is 9.90 Å². The average molecular weight is 248 g/mol. The van der Waals surface area contributed by atoms with Gasteiger partial charge in [-0.15, -0.1) is 0 Å². The minimum atomic E-state index is -0.480. The maximum Gasteiger partial charge on any atom is 0.246 e. The quantitative estimate of drug-likeness (QED) is 0.820. The fourth-order valence-corrected chi connectivity index (χ4v) is 2.50. The molecular formula is C14H20N2O2. The molecule has 0 radical (unpaired) electrons. The predicted octanol–water partition coefficient (Wildman–Crippen LogP) is 0.991. The largest absolute Gasteiger partial charge is 0.394 e. The van der Waals surface area contributed by atoms with E-state index in [0.29, 0.717) is 6.54 Å². The minimum Gasteiger partial charge on any atom is -0.394 e. The van der Waals surface area contributed by atoms with E-state index in [1.807, 2.05) is 36.9 Å². The van der Waals surface area contributed by atoms with Crippen LogP contribution in [0.4, 0.5) is 5.69 Å². The highest BCUT2D eigenvalue weighted by atomic mass is 16.3. The highest BCUT2D eigenvalue weighted by molar-refractivity contribution is 5.98. The molecule has 2 rings (SSSR count). The van der Waals surface area contributed by atoms with Crippen molar-refractivity contribution in [2.45, 2.75) is 26.3 Å². The molecule has 0 aromatic heterocycles. The number of carbonyl (C=O) groups is 1. The summed E-state index contributed by atoms with van der Waals surface area (Å²) in [6.45, 7) is 5.34. The number of carbonyl (C=O) groups excluding carboxylic acids is 1. The fourth-order valence-electron chi connectivity index (χ4n) is 2.50. The van der Waals surface area contributed by atoms with Gasteiger partial charge in [-0.1, -0.05) is 18.2 Å². The van der Waals surface area contributed by atoms with Crippen LogP contribution in [0.1, 0.15) is 17.5 Å². The molecule has 1 aromatic rings. The fraction of sp³-hybridized carbons (Fsp3) is 0.500. The predicted molar refractivity (Wildman–Crippen MR) is 71.8 cm³/mol. The van der Waals surface area contributed by atoms with E-state index in [4.69, 9.17) is 0 Å². The smallest absolute Gasteiger partial charge is 0.246 e. The van der Waals surface area contributed by atoms with Crippen LogP contribution in [-0.2, 0) is 4.79 Å². The first-order valence-corrected chi connectivity index (χ1v) is 6.37. The molecule has 0 saturated carbocycles. The monoisotopic (exact) mass is 248 g/mol. The summed E-state index contributed by atoms with van der Waals surface area (Å²) in [5.41, 5.74) is 3.19. The molecule has 0 aliphatic carbocycles. The molecule has 0 spiro atoms. The highest BCUT2D eigenvalue weighted by Gasteiger charge is 2.28. The number of anilines is 1. The van der Waals surface area contributed by atoms with Gasteiger partial charge < -0.3 is 15.3 Å². The van der Waals surface area contributed by atoms with Gasteiger partial charge in [0.05, 0.1) is 6.61 Å². The van der Waals surface area contributed by atoms with Crippen LogP contribution in [-0.4, -0.2) is 36.8 Å². The summed E-state index contributed by atoms with van der Waals surface area (Å²) in [6.07, 6.45) is 0.899. The highest BCUT2D eigenvalue weighted by Crippen LogP contribution is 2.26. The van der Waals surface area contributed by atoms with E-state index in [-0.39, 0.29) is 12.5 Å². The lowest BCUT2D eigenvalue weighted by molar-refractivity contribution is -0.121. The first kappa shape index (κ1) is 13.1. The van der Waals surface area contributed by atoms with Crippen LogP contribution < -0.4 is 10.2 Å². The lowest BCUT2D eigenvalue weighted by atomic mass is 10.1. The van der Waals surface area contributed by atoms with Gasteiger partial charge in [-0.3, -0.25) is 4.79 Å². The topological polar surface area (TPSA) is 52.6 Å². The van der Waals surface area contributed by atoms with Gasteiger partial charge in [0.25, 0.3) is 0 Å². The lowest BCUT2D eigenvalue weighted by Gasteiger charge is -2.26. The van der Waals surface area contributed by atoms with Gasteiger partial charge >= 0.3 is 0 Å². The van der Waals surface area contributed by atoms with Crippen molar-refractivity contribution in [2.24, 2.45) is 0 Å². The number of nitrogens with zero attached hydrogens (tertiary/aromatic N) is 1. The van der Waals surface area contributed by atoms with Crippen LogP contribution in [0.5, 0.6) is 0 Å². The molecule has 0 bridgehead atoms. The van der Waals surface area contributed by atoms with Crippen LogP contribution in [0.25, 0.3) is 0 Å². The third-order valence-corrected chi connectivity index (χ3v) is 3.41. The van der Waals surface area contributed by atoms with E-state index in [1.54, 1.807) is 0 Å². The van der Waals surface area contributed by atoms with E-state index < -0.39 is 6.04 Å². The molecule has 1 aromatic carbocycles. The number of benzene rings is 1. The molecule has 1 unspecified atom stereocenters. The van der Waals surface area contributed by atoms with Gasteiger partial charge in [0.15, 0.2) is 0 Å². The molecule has 1 heterocycles. The second kappa shape index (κ2) is 5.50. The molecule has 98 valence electrons. The van der Waals surface area contributed by atoms with Crippen molar-refractivity contribution in [3.05, 3.63) is 29.3 Å². The van der Waals surface area contributed by atoms with E-state index in [1.165, 1.54) is 0 Å². The zero-order valence-electron chi connectivity index (χ0n) is 10.9. The van der Waals surface area contributed by atoms with E-state index in [9.17, 15) is 9.90 Å². The first-order valence-electron chi connectivity index (χ1n) is 6.37. The molecule has 4 nitrogen and oxygen atoms in total. The SMILES string of the molecule is Cc1cccc(C)c1N1CCCNC(CO)C1=O. The van der Waals surface area contributed by atoms with Crippen molar-refractivity contribution in [2.75, 3.05) is 24.6 Å². The van der Waals surface area contributed by atoms with Crippen molar-refractivity contribution in [3.63, 3.8) is 0 Å². The van der Waals surface area contributed by atoms with Gasteiger partial charge in [-0.05, 0) is 37.9 Å². The van der Waals surface area contributed by atoms with Crippen LogP contribution in [0.3, 0.4) is 0 Å². The summed E-state index contributed by atoms with van der Waals surface area (Å²) in [4.78, 5) is 14.2. The molecule has 1 amide bonds. The van der Waals surface area contributed by atoms with Gasteiger partial charge in [0.1, 0.15) is 6.04 Å². The normalized spacial score (nSPS) is 20.9. The second-order valence-electron chi connectivity index (χ2n) is 4.77. The number of rotatable bonds is 2.